The van der Waals surface area contributed by atoms with Crippen LogP contribution in [0.1, 0.15) is 29.9 Å². The molecule has 0 saturated heterocycles. The van der Waals surface area contributed by atoms with Crippen LogP contribution in [0.25, 0.3) is 33.5 Å². The molecule has 5 aromatic rings. The van der Waals surface area contributed by atoms with E-state index in [1.165, 1.54) is 38.0 Å². The summed E-state index contributed by atoms with van der Waals surface area (Å²) < 4.78 is 77.8. The molecule has 5 heterocycles. The monoisotopic (exact) mass is 554 g/mol. The van der Waals surface area contributed by atoms with Crippen LogP contribution in [0.2, 0.25) is 0 Å². The minimum Gasteiger partial charge on any atom is -0.434 e. The summed E-state index contributed by atoms with van der Waals surface area (Å²) in [7, 11) is -2.98. The van der Waals surface area contributed by atoms with Gasteiger partial charge in [-0.25, -0.2) is 28.4 Å². The van der Waals surface area contributed by atoms with Crippen molar-refractivity contribution in [1.29, 1.82) is 0 Å². The molecule has 2 bridgehead atoms. The lowest BCUT2D eigenvalue weighted by molar-refractivity contribution is -0.0506. The van der Waals surface area contributed by atoms with Crippen molar-refractivity contribution in [3.8, 4) is 28.3 Å². The number of imidazole rings is 1. The van der Waals surface area contributed by atoms with Gasteiger partial charge in [-0.05, 0) is 31.5 Å². The third kappa shape index (κ3) is 3.54. The van der Waals surface area contributed by atoms with Gasteiger partial charge in [-0.1, -0.05) is 12.1 Å². The molecular weight excluding hydrogens is 535 g/mol. The van der Waals surface area contributed by atoms with E-state index in [-0.39, 0.29) is 28.4 Å². The van der Waals surface area contributed by atoms with Gasteiger partial charge in [0.2, 0.25) is 0 Å². The first kappa shape index (κ1) is 24.0. The van der Waals surface area contributed by atoms with Gasteiger partial charge in [0.05, 0.1) is 17.1 Å². The zero-order valence-corrected chi connectivity index (χ0v) is 21.4. The zero-order valence-electron chi connectivity index (χ0n) is 20.5. The second-order valence-electron chi connectivity index (χ2n) is 9.93. The predicted octanol–water partition coefficient (Wildman–Crippen LogP) is 5.38. The molecule has 0 amide bonds. The Hall–Kier alpha value is -4.05. The summed E-state index contributed by atoms with van der Waals surface area (Å²) >= 11 is 0. The molecule has 0 fully saturated rings. The number of aromatic nitrogens is 6. The summed E-state index contributed by atoms with van der Waals surface area (Å²) in [6.07, 6.45) is 3.11. The molecule has 0 N–H and O–H groups in total. The molecule has 2 aliphatic heterocycles. The Labute approximate surface area is 218 Å². The van der Waals surface area contributed by atoms with Crippen LogP contribution in [0.4, 0.5) is 17.6 Å². The first-order valence-electron chi connectivity index (χ1n) is 12.0. The van der Waals surface area contributed by atoms with E-state index in [0.717, 1.165) is 6.07 Å². The summed E-state index contributed by atoms with van der Waals surface area (Å²) in [5.41, 5.74) is 2.04. The largest absolute Gasteiger partial charge is 0.434 e. The molecule has 0 spiro atoms. The van der Waals surface area contributed by atoms with Crippen molar-refractivity contribution in [1.82, 2.24) is 29.3 Å². The number of ether oxygens (including phenoxy) is 1. The van der Waals surface area contributed by atoms with E-state index in [1.807, 2.05) is 4.57 Å². The number of pyridine rings is 1. The van der Waals surface area contributed by atoms with Gasteiger partial charge < -0.3 is 13.9 Å². The predicted molar refractivity (Wildman–Crippen MR) is 135 cm³/mol. The molecule has 0 aliphatic carbocycles. The topological polar surface area (TPSA) is 87.7 Å². The molecule has 3 aromatic heterocycles. The zero-order chi connectivity index (χ0) is 27.2. The second-order valence-corrected chi connectivity index (χ2v) is 13.1. The van der Waals surface area contributed by atoms with Gasteiger partial charge in [0.15, 0.2) is 11.6 Å². The summed E-state index contributed by atoms with van der Waals surface area (Å²) in [6, 6.07) is 7.89. The van der Waals surface area contributed by atoms with Crippen molar-refractivity contribution in [3.63, 3.8) is 0 Å². The number of hydrogen-bond acceptors (Lipinski definition) is 6. The quantitative estimate of drug-likeness (QED) is 0.219. The fourth-order valence-electron chi connectivity index (χ4n) is 5.72. The number of benzene rings is 2. The lowest BCUT2D eigenvalue weighted by atomic mass is 9.97. The van der Waals surface area contributed by atoms with Crippen molar-refractivity contribution in [2.24, 2.45) is 0 Å². The Bertz CT molecular complexity index is 1860. The number of nitrogens with zero attached hydrogens (tertiary/aromatic N) is 6. The van der Waals surface area contributed by atoms with Crippen molar-refractivity contribution in [2.75, 3.05) is 13.3 Å². The number of fused-ring (bicyclic) bond motifs is 6. The van der Waals surface area contributed by atoms with Crippen LogP contribution in [0, 0.1) is 11.6 Å². The third-order valence-electron chi connectivity index (χ3n) is 7.23. The summed E-state index contributed by atoms with van der Waals surface area (Å²) in [5.74, 6) is -0.366. The summed E-state index contributed by atoms with van der Waals surface area (Å²) in [5, 5.41) is 4.39. The number of hydrogen-bond donors (Lipinski definition) is 0. The lowest BCUT2D eigenvalue weighted by Crippen LogP contribution is -2.14. The number of rotatable bonds is 4. The lowest BCUT2D eigenvalue weighted by Gasteiger charge is -2.21. The SMILES string of the molecule is CP(C)(=O)c1ncc(-c2cc3c(cc2F)nc2n3[C@H]3CC2n2ncnc2-c2cccc(OC(F)F)c23)cc1F. The van der Waals surface area contributed by atoms with E-state index in [9.17, 15) is 17.7 Å². The Morgan fingerprint density at radius 1 is 1.05 bits per heavy atom. The normalized spacial score (nSPS) is 17.7. The van der Waals surface area contributed by atoms with E-state index in [1.54, 1.807) is 22.9 Å². The van der Waals surface area contributed by atoms with E-state index >= 15 is 4.39 Å². The van der Waals surface area contributed by atoms with Gasteiger partial charge in [-0.15, -0.1) is 0 Å². The van der Waals surface area contributed by atoms with E-state index in [0.29, 0.717) is 40.2 Å². The molecule has 2 aliphatic rings. The minimum atomic E-state index is -3.04. The molecule has 2 aromatic carbocycles. The van der Waals surface area contributed by atoms with Crippen LogP contribution in [-0.4, -0.2) is 49.2 Å². The molecule has 198 valence electrons. The highest BCUT2D eigenvalue weighted by Gasteiger charge is 2.43. The Kier molecular flexibility index (Phi) is 5.07. The van der Waals surface area contributed by atoms with Crippen LogP contribution >= 0.6 is 7.14 Å². The van der Waals surface area contributed by atoms with E-state index in [2.05, 4.69) is 15.1 Å². The highest BCUT2D eigenvalue weighted by atomic mass is 31.2. The molecule has 2 atom stereocenters. The molecule has 39 heavy (non-hydrogen) atoms. The van der Waals surface area contributed by atoms with Crippen molar-refractivity contribution in [2.45, 2.75) is 25.1 Å². The molecule has 8 nitrogen and oxygen atoms in total. The highest BCUT2D eigenvalue weighted by molar-refractivity contribution is 7.69. The fourth-order valence-corrected chi connectivity index (χ4v) is 6.64. The second kappa shape index (κ2) is 8.22. The molecular formula is C26H19F4N6O2P. The summed E-state index contributed by atoms with van der Waals surface area (Å²) in [6.45, 7) is -0.224. The third-order valence-corrected chi connectivity index (χ3v) is 8.58. The molecule has 0 saturated carbocycles. The maximum Gasteiger partial charge on any atom is 0.387 e. The minimum absolute atomic E-state index is 0.00477. The number of alkyl halides is 2. The first-order valence-corrected chi connectivity index (χ1v) is 14.6. The van der Waals surface area contributed by atoms with Gasteiger partial charge >= 0.3 is 6.61 Å². The summed E-state index contributed by atoms with van der Waals surface area (Å²) in [4.78, 5) is 13.1. The standard InChI is InChI=1S/C26H19F4N6O2P/c1-39(2,37)25-16(28)6-12(10-31-25)14-7-18-17(8-15(14)27)34-24-20-9-19(35(18)24)22-13(23-32-11-33-36(20)23)4-3-5-21(22)38-26(29)30/h3-8,10-11,19-20,26H,9H2,1-2H3/t19-,20?/m0/s1. The van der Waals surface area contributed by atoms with Crippen molar-refractivity contribution in [3.05, 3.63) is 71.9 Å². The highest BCUT2D eigenvalue weighted by Crippen LogP contribution is 2.52. The molecule has 13 heteroatoms. The average Bonchev–Trinajstić information content (AvgIpc) is 3.54. The van der Waals surface area contributed by atoms with E-state index < -0.39 is 31.4 Å². The van der Waals surface area contributed by atoms with Crippen LogP contribution < -0.4 is 10.2 Å². The van der Waals surface area contributed by atoms with Crippen LogP contribution in [0.15, 0.2) is 48.9 Å². The van der Waals surface area contributed by atoms with Gasteiger partial charge in [0.1, 0.15) is 42.3 Å². The maximum absolute atomic E-state index is 15.4. The fraction of sp³-hybridized carbons (Fsp3) is 0.231. The smallest absolute Gasteiger partial charge is 0.387 e. The Morgan fingerprint density at radius 2 is 1.87 bits per heavy atom. The average molecular weight is 554 g/mol. The van der Waals surface area contributed by atoms with Crippen molar-refractivity contribution < 1.29 is 26.9 Å². The number of halogens is 4. The molecule has 1 unspecified atom stereocenters. The van der Waals surface area contributed by atoms with Gasteiger partial charge in [-0.2, -0.15) is 13.9 Å². The van der Waals surface area contributed by atoms with Gasteiger partial charge in [0.25, 0.3) is 0 Å². The maximum atomic E-state index is 15.4. The van der Waals surface area contributed by atoms with Crippen LogP contribution in [0.5, 0.6) is 5.75 Å². The van der Waals surface area contributed by atoms with Crippen LogP contribution in [-0.2, 0) is 4.57 Å². The van der Waals surface area contributed by atoms with Crippen molar-refractivity contribution >= 4 is 23.6 Å². The van der Waals surface area contributed by atoms with Crippen LogP contribution in [0.3, 0.4) is 0 Å². The molecule has 7 rings (SSSR count). The van der Waals surface area contributed by atoms with Gasteiger partial charge in [-0.3, -0.25) is 0 Å². The molecule has 0 radical (unpaired) electrons. The Morgan fingerprint density at radius 3 is 2.62 bits per heavy atom. The first-order chi connectivity index (χ1) is 18.6. The van der Waals surface area contributed by atoms with E-state index in [4.69, 9.17) is 9.72 Å². The van der Waals surface area contributed by atoms with Gasteiger partial charge in [0, 0.05) is 40.9 Å². The Balaban J connectivity index is 1.46.